The summed E-state index contributed by atoms with van der Waals surface area (Å²) in [6.45, 7) is 1.42. The Morgan fingerprint density at radius 2 is 1.88 bits per heavy atom. The zero-order chi connectivity index (χ0) is 17.3. The Kier molecular flexibility index (Phi) is 4.13. The Labute approximate surface area is 140 Å². The van der Waals surface area contributed by atoms with Crippen LogP contribution in [0.4, 0.5) is 15.3 Å². The van der Waals surface area contributed by atoms with Crippen molar-refractivity contribution in [3.05, 3.63) is 18.2 Å². The number of rotatable bonds is 3. The van der Waals surface area contributed by atoms with Crippen LogP contribution in [0.2, 0.25) is 0 Å². The number of nitrogens with zero attached hydrogens (tertiary/aromatic N) is 2. The molecule has 2 saturated heterocycles. The first-order chi connectivity index (χ1) is 11.4. The molecule has 2 fully saturated rings. The molecule has 0 unspecified atom stereocenters. The third-order valence-corrected chi connectivity index (χ3v) is 4.35. The van der Waals surface area contributed by atoms with Crippen molar-refractivity contribution in [3.8, 4) is 11.5 Å². The lowest BCUT2D eigenvalue weighted by Crippen LogP contribution is -2.40. The summed E-state index contributed by atoms with van der Waals surface area (Å²) < 4.78 is 15.8. The largest absolute Gasteiger partial charge is 0.497 e. The van der Waals surface area contributed by atoms with Gasteiger partial charge in [0.1, 0.15) is 11.5 Å². The molecule has 1 aromatic rings. The van der Waals surface area contributed by atoms with Crippen LogP contribution >= 0.6 is 0 Å². The van der Waals surface area contributed by atoms with Crippen molar-refractivity contribution in [2.75, 3.05) is 46.2 Å². The van der Waals surface area contributed by atoms with Gasteiger partial charge in [-0.15, -0.1) is 0 Å². The van der Waals surface area contributed by atoms with Gasteiger partial charge in [0.2, 0.25) is 0 Å². The minimum atomic E-state index is -0.588. The Morgan fingerprint density at radius 3 is 2.42 bits per heavy atom. The Morgan fingerprint density at radius 1 is 1.21 bits per heavy atom. The number of urea groups is 1. The zero-order valence-corrected chi connectivity index (χ0v) is 14.0. The smallest absolute Gasteiger partial charge is 0.410 e. The summed E-state index contributed by atoms with van der Waals surface area (Å²) in [7, 11) is 4.80. The maximum Gasteiger partial charge on any atom is 0.410 e. The molecule has 1 atom stereocenters. The van der Waals surface area contributed by atoms with E-state index in [1.165, 1.54) is 4.90 Å². The van der Waals surface area contributed by atoms with E-state index in [0.717, 1.165) is 0 Å². The molecule has 1 aromatic carbocycles. The molecule has 1 spiro atoms. The molecule has 2 heterocycles. The molecular formula is C16H21N3O5. The molecule has 2 aliphatic rings. The summed E-state index contributed by atoms with van der Waals surface area (Å²) in [5.74, 6) is 1.18. The number of hydrogen-bond acceptors (Lipinski definition) is 5. The number of amides is 3. The van der Waals surface area contributed by atoms with Crippen molar-refractivity contribution < 1.29 is 23.8 Å². The molecule has 0 radical (unpaired) electrons. The van der Waals surface area contributed by atoms with Gasteiger partial charge in [0.25, 0.3) is 0 Å². The predicted octanol–water partition coefficient (Wildman–Crippen LogP) is 1.76. The third-order valence-electron chi connectivity index (χ3n) is 4.35. The molecule has 0 aromatic heterocycles. The SMILES string of the molecule is COc1cc(NC(=O)N2CC[C@]3(CN(C)C(=O)O3)C2)cc(OC)c1. The van der Waals surface area contributed by atoms with Crippen LogP contribution < -0.4 is 14.8 Å². The number of likely N-dealkylation sites (tertiary alicyclic amines) is 1. The summed E-state index contributed by atoms with van der Waals surface area (Å²) in [5, 5.41) is 2.83. The van der Waals surface area contributed by atoms with E-state index in [0.29, 0.717) is 43.2 Å². The molecule has 3 amide bonds. The van der Waals surface area contributed by atoms with Crippen molar-refractivity contribution in [1.29, 1.82) is 0 Å². The van der Waals surface area contributed by atoms with Crippen LogP contribution in [0.15, 0.2) is 18.2 Å². The van der Waals surface area contributed by atoms with Gasteiger partial charge in [0, 0.05) is 43.9 Å². The summed E-state index contributed by atoms with van der Waals surface area (Å²) in [4.78, 5) is 27.3. The monoisotopic (exact) mass is 335 g/mol. The van der Waals surface area contributed by atoms with Crippen molar-refractivity contribution in [2.24, 2.45) is 0 Å². The van der Waals surface area contributed by atoms with Crippen LogP contribution in [-0.2, 0) is 4.74 Å². The van der Waals surface area contributed by atoms with E-state index >= 15 is 0 Å². The molecule has 8 heteroatoms. The van der Waals surface area contributed by atoms with Gasteiger partial charge < -0.3 is 29.3 Å². The molecule has 2 aliphatic heterocycles. The number of methoxy groups -OCH3 is 2. The molecular weight excluding hydrogens is 314 g/mol. The predicted molar refractivity (Wildman–Crippen MR) is 86.6 cm³/mol. The van der Waals surface area contributed by atoms with Crippen molar-refractivity contribution in [3.63, 3.8) is 0 Å². The highest BCUT2D eigenvalue weighted by molar-refractivity contribution is 5.90. The molecule has 130 valence electrons. The molecule has 3 rings (SSSR count). The number of nitrogens with one attached hydrogen (secondary N) is 1. The summed E-state index contributed by atoms with van der Waals surface area (Å²) in [6, 6.07) is 4.92. The van der Waals surface area contributed by atoms with Gasteiger partial charge in [0.05, 0.1) is 27.3 Å². The quantitative estimate of drug-likeness (QED) is 0.910. The first-order valence-corrected chi connectivity index (χ1v) is 7.68. The minimum Gasteiger partial charge on any atom is -0.497 e. The highest BCUT2D eigenvalue weighted by Gasteiger charge is 2.49. The maximum atomic E-state index is 12.5. The second-order valence-electron chi connectivity index (χ2n) is 6.11. The minimum absolute atomic E-state index is 0.243. The first-order valence-electron chi connectivity index (χ1n) is 7.68. The second-order valence-corrected chi connectivity index (χ2v) is 6.11. The number of ether oxygens (including phenoxy) is 3. The topological polar surface area (TPSA) is 80.3 Å². The van der Waals surface area contributed by atoms with Gasteiger partial charge in [-0.25, -0.2) is 9.59 Å². The van der Waals surface area contributed by atoms with Crippen molar-refractivity contribution in [1.82, 2.24) is 9.80 Å². The number of carbonyl (C=O) groups excluding carboxylic acids is 2. The Balaban J connectivity index is 1.67. The maximum absolute atomic E-state index is 12.5. The summed E-state index contributed by atoms with van der Waals surface area (Å²) in [6.07, 6.45) is 0.299. The van der Waals surface area contributed by atoms with E-state index in [1.807, 2.05) is 0 Å². The van der Waals surface area contributed by atoms with E-state index in [2.05, 4.69) is 5.32 Å². The van der Waals surface area contributed by atoms with Crippen LogP contribution in [0, 0.1) is 0 Å². The highest BCUT2D eigenvalue weighted by atomic mass is 16.6. The van der Waals surface area contributed by atoms with Crippen LogP contribution in [0.25, 0.3) is 0 Å². The molecule has 8 nitrogen and oxygen atoms in total. The lowest BCUT2D eigenvalue weighted by Gasteiger charge is -2.22. The van der Waals surface area contributed by atoms with E-state index in [-0.39, 0.29) is 12.1 Å². The lowest BCUT2D eigenvalue weighted by atomic mass is 10.0. The van der Waals surface area contributed by atoms with E-state index in [4.69, 9.17) is 14.2 Å². The molecule has 24 heavy (non-hydrogen) atoms. The summed E-state index contributed by atoms with van der Waals surface area (Å²) >= 11 is 0. The fourth-order valence-electron chi connectivity index (χ4n) is 3.10. The van der Waals surface area contributed by atoms with Gasteiger partial charge in [-0.1, -0.05) is 0 Å². The molecule has 0 bridgehead atoms. The number of anilines is 1. The van der Waals surface area contributed by atoms with Gasteiger partial charge in [-0.05, 0) is 0 Å². The van der Waals surface area contributed by atoms with E-state index in [9.17, 15) is 9.59 Å². The van der Waals surface area contributed by atoms with Crippen LogP contribution in [0.3, 0.4) is 0 Å². The van der Waals surface area contributed by atoms with Gasteiger partial charge >= 0.3 is 12.1 Å². The molecule has 1 N–H and O–H groups in total. The first kappa shape index (κ1) is 16.2. The van der Waals surface area contributed by atoms with Crippen LogP contribution in [0.1, 0.15) is 6.42 Å². The zero-order valence-electron chi connectivity index (χ0n) is 14.0. The van der Waals surface area contributed by atoms with Crippen LogP contribution in [-0.4, -0.2) is 68.4 Å². The fourth-order valence-corrected chi connectivity index (χ4v) is 3.10. The van der Waals surface area contributed by atoms with Gasteiger partial charge in [-0.2, -0.15) is 0 Å². The average molecular weight is 335 g/mol. The fraction of sp³-hybridized carbons (Fsp3) is 0.500. The van der Waals surface area contributed by atoms with Gasteiger partial charge in [-0.3, -0.25) is 0 Å². The van der Waals surface area contributed by atoms with Crippen LogP contribution in [0.5, 0.6) is 11.5 Å². The van der Waals surface area contributed by atoms with E-state index in [1.54, 1.807) is 44.4 Å². The Bertz CT molecular complexity index is 643. The third kappa shape index (κ3) is 3.04. The number of hydrogen-bond donors (Lipinski definition) is 1. The summed E-state index contributed by atoms with van der Waals surface area (Å²) in [5.41, 5.74) is -0.00686. The second kappa shape index (κ2) is 6.10. The van der Waals surface area contributed by atoms with Crippen molar-refractivity contribution >= 4 is 17.8 Å². The van der Waals surface area contributed by atoms with E-state index < -0.39 is 5.60 Å². The lowest BCUT2D eigenvalue weighted by molar-refractivity contribution is 0.0663. The number of benzene rings is 1. The average Bonchev–Trinajstić information content (AvgIpc) is 3.10. The van der Waals surface area contributed by atoms with Crippen molar-refractivity contribution in [2.45, 2.75) is 12.0 Å². The normalized spacial score (nSPS) is 22.7. The standard InChI is InChI=1S/C16H21N3O5/c1-18-9-16(24-15(18)21)4-5-19(10-16)14(20)17-11-6-12(22-2)8-13(7-11)23-3/h6-8H,4-5,9-10H2,1-3H3,(H,17,20)/t16-/m0/s1. The molecule has 0 aliphatic carbocycles. The highest BCUT2D eigenvalue weighted by Crippen LogP contribution is 2.32. The van der Waals surface area contributed by atoms with Gasteiger partial charge in [0.15, 0.2) is 5.60 Å². The molecule has 0 saturated carbocycles. The number of carbonyl (C=O) groups is 2. The number of likely N-dealkylation sites (N-methyl/N-ethyl adjacent to an activating group) is 1. The Hall–Kier alpha value is -2.64.